The molecule has 0 bridgehead atoms. The van der Waals surface area contributed by atoms with Crippen LogP contribution in [0.4, 0.5) is 0 Å². The molecule has 0 saturated carbocycles. The maximum Gasteiger partial charge on any atom is 0.244 e. The first kappa shape index (κ1) is 19.5. The zero-order valence-electron chi connectivity index (χ0n) is 16.2. The first-order valence-electron chi connectivity index (χ1n) is 9.22. The molecule has 0 saturated heterocycles. The van der Waals surface area contributed by atoms with E-state index in [0.717, 1.165) is 17.7 Å². The predicted molar refractivity (Wildman–Crippen MR) is 110 cm³/mol. The molecule has 3 rings (SSSR count). The summed E-state index contributed by atoms with van der Waals surface area (Å²) in [6.07, 6.45) is 5.01. The Morgan fingerprint density at radius 1 is 1.11 bits per heavy atom. The summed E-state index contributed by atoms with van der Waals surface area (Å²) in [4.78, 5) is 14.5. The first-order valence-corrected chi connectivity index (χ1v) is 9.22. The van der Waals surface area contributed by atoms with Crippen LogP contribution < -0.4 is 5.32 Å². The monoisotopic (exact) mass is 375 g/mol. The summed E-state index contributed by atoms with van der Waals surface area (Å²) in [5, 5.41) is 11.3. The fraction of sp³-hybridized carbons (Fsp3) is 0.227. The Hall–Kier alpha value is -3.25. The van der Waals surface area contributed by atoms with Crippen LogP contribution in [0.15, 0.2) is 72.9 Å². The molecule has 1 atom stereocenters. The molecular formula is C22H25N5O. The molecule has 144 valence electrons. The van der Waals surface area contributed by atoms with Gasteiger partial charge in [-0.2, -0.15) is 0 Å². The van der Waals surface area contributed by atoms with E-state index in [9.17, 15) is 4.79 Å². The highest BCUT2D eigenvalue weighted by Gasteiger charge is 2.14. The molecule has 1 amide bonds. The van der Waals surface area contributed by atoms with E-state index in [1.54, 1.807) is 10.8 Å². The van der Waals surface area contributed by atoms with Gasteiger partial charge in [0.05, 0.1) is 18.8 Å². The average molecular weight is 375 g/mol. The lowest BCUT2D eigenvalue weighted by Crippen LogP contribution is -2.34. The van der Waals surface area contributed by atoms with E-state index < -0.39 is 0 Å². The van der Waals surface area contributed by atoms with Crippen LogP contribution in [0.5, 0.6) is 0 Å². The van der Waals surface area contributed by atoms with Gasteiger partial charge in [-0.15, -0.1) is 5.10 Å². The normalized spacial score (nSPS) is 12.4. The highest BCUT2D eigenvalue weighted by Crippen LogP contribution is 2.13. The SMILES string of the molecule is CN(C)CC(NC(=O)/C=C/c1cn(Cc2ccccc2)nn1)c1ccccc1. The van der Waals surface area contributed by atoms with Gasteiger partial charge in [-0.05, 0) is 31.3 Å². The Balaban J connectivity index is 1.61. The van der Waals surface area contributed by atoms with Crippen LogP contribution in [0, 0.1) is 0 Å². The number of likely N-dealkylation sites (N-methyl/N-ethyl adjacent to an activating group) is 1. The van der Waals surface area contributed by atoms with E-state index in [4.69, 9.17) is 0 Å². The van der Waals surface area contributed by atoms with Crippen LogP contribution in [-0.2, 0) is 11.3 Å². The molecule has 1 N–H and O–H groups in total. The molecule has 0 aliphatic rings. The average Bonchev–Trinajstić information content (AvgIpc) is 3.14. The summed E-state index contributed by atoms with van der Waals surface area (Å²) in [6.45, 7) is 1.36. The summed E-state index contributed by atoms with van der Waals surface area (Å²) in [5.74, 6) is -0.159. The minimum atomic E-state index is -0.159. The van der Waals surface area contributed by atoms with Gasteiger partial charge in [0, 0.05) is 12.6 Å². The van der Waals surface area contributed by atoms with Crippen molar-refractivity contribution in [3.63, 3.8) is 0 Å². The molecule has 0 fully saturated rings. The quantitative estimate of drug-likeness (QED) is 0.615. The largest absolute Gasteiger partial charge is 0.344 e. The molecule has 0 radical (unpaired) electrons. The molecule has 0 aliphatic carbocycles. The van der Waals surface area contributed by atoms with Crippen LogP contribution in [-0.4, -0.2) is 46.4 Å². The van der Waals surface area contributed by atoms with Crippen molar-refractivity contribution in [3.05, 3.63) is 89.8 Å². The third-order valence-corrected chi connectivity index (χ3v) is 4.22. The molecule has 0 spiro atoms. The maximum absolute atomic E-state index is 12.4. The highest BCUT2D eigenvalue weighted by molar-refractivity contribution is 5.91. The molecule has 0 aliphatic heterocycles. The smallest absolute Gasteiger partial charge is 0.244 e. The summed E-state index contributed by atoms with van der Waals surface area (Å²) < 4.78 is 1.76. The highest BCUT2D eigenvalue weighted by atomic mass is 16.1. The molecular weight excluding hydrogens is 350 g/mol. The zero-order valence-corrected chi connectivity index (χ0v) is 16.2. The minimum Gasteiger partial charge on any atom is -0.344 e. The first-order chi connectivity index (χ1) is 13.6. The van der Waals surface area contributed by atoms with Gasteiger partial charge < -0.3 is 10.2 Å². The summed E-state index contributed by atoms with van der Waals surface area (Å²) in [7, 11) is 3.98. The topological polar surface area (TPSA) is 63.1 Å². The van der Waals surface area contributed by atoms with Gasteiger partial charge in [-0.25, -0.2) is 4.68 Å². The van der Waals surface area contributed by atoms with Crippen molar-refractivity contribution in [3.8, 4) is 0 Å². The van der Waals surface area contributed by atoms with Crippen LogP contribution in [0.25, 0.3) is 6.08 Å². The van der Waals surface area contributed by atoms with E-state index in [1.807, 2.05) is 81.0 Å². The van der Waals surface area contributed by atoms with Gasteiger partial charge in [0.15, 0.2) is 0 Å². The van der Waals surface area contributed by atoms with Gasteiger partial charge >= 0.3 is 0 Å². The van der Waals surface area contributed by atoms with Gasteiger partial charge in [0.1, 0.15) is 5.69 Å². The van der Waals surface area contributed by atoms with Gasteiger partial charge in [0.2, 0.25) is 5.91 Å². The lowest BCUT2D eigenvalue weighted by Gasteiger charge is -2.22. The minimum absolute atomic E-state index is 0.0814. The lowest BCUT2D eigenvalue weighted by atomic mass is 10.1. The Bertz CT molecular complexity index is 903. The third-order valence-electron chi connectivity index (χ3n) is 4.22. The molecule has 6 heteroatoms. The van der Waals surface area contributed by atoms with E-state index in [2.05, 4.69) is 20.5 Å². The van der Waals surface area contributed by atoms with Crippen LogP contribution in [0.3, 0.4) is 0 Å². The number of rotatable bonds is 8. The lowest BCUT2D eigenvalue weighted by molar-refractivity contribution is -0.117. The molecule has 2 aromatic carbocycles. The number of carbonyl (C=O) groups is 1. The van der Waals surface area contributed by atoms with Crippen molar-refractivity contribution in [2.75, 3.05) is 20.6 Å². The number of hydrogen-bond donors (Lipinski definition) is 1. The standard InChI is InChI=1S/C22H25N5O/c1-26(2)17-21(19-11-7-4-8-12-19)23-22(28)14-13-20-16-27(25-24-20)15-18-9-5-3-6-10-18/h3-14,16,21H,15,17H2,1-2H3,(H,23,28)/b14-13+. The van der Waals surface area contributed by atoms with Crippen molar-refractivity contribution in [2.24, 2.45) is 0 Å². The van der Waals surface area contributed by atoms with Crippen molar-refractivity contribution in [1.29, 1.82) is 0 Å². The Morgan fingerprint density at radius 3 is 2.46 bits per heavy atom. The molecule has 28 heavy (non-hydrogen) atoms. The van der Waals surface area contributed by atoms with Crippen molar-refractivity contribution >= 4 is 12.0 Å². The van der Waals surface area contributed by atoms with E-state index >= 15 is 0 Å². The number of nitrogens with zero attached hydrogens (tertiary/aromatic N) is 4. The molecule has 1 heterocycles. The van der Waals surface area contributed by atoms with E-state index in [1.165, 1.54) is 6.08 Å². The number of hydrogen-bond acceptors (Lipinski definition) is 4. The molecule has 6 nitrogen and oxygen atoms in total. The van der Waals surface area contributed by atoms with Crippen LogP contribution >= 0.6 is 0 Å². The Labute approximate surface area is 165 Å². The van der Waals surface area contributed by atoms with Crippen molar-refractivity contribution < 1.29 is 4.79 Å². The summed E-state index contributed by atoms with van der Waals surface area (Å²) >= 11 is 0. The van der Waals surface area contributed by atoms with Gasteiger partial charge in [-0.3, -0.25) is 4.79 Å². The number of benzene rings is 2. The fourth-order valence-corrected chi connectivity index (χ4v) is 2.90. The van der Waals surface area contributed by atoms with Gasteiger partial charge in [0.25, 0.3) is 0 Å². The second-order valence-corrected chi connectivity index (χ2v) is 6.89. The summed E-state index contributed by atoms with van der Waals surface area (Å²) in [5.41, 5.74) is 2.87. The fourth-order valence-electron chi connectivity index (χ4n) is 2.90. The molecule has 1 unspecified atom stereocenters. The number of aromatic nitrogens is 3. The number of amides is 1. The Morgan fingerprint density at radius 2 is 1.79 bits per heavy atom. The van der Waals surface area contributed by atoms with Crippen LogP contribution in [0.1, 0.15) is 22.9 Å². The van der Waals surface area contributed by atoms with Gasteiger partial charge in [-0.1, -0.05) is 65.9 Å². The zero-order chi connectivity index (χ0) is 19.8. The van der Waals surface area contributed by atoms with E-state index in [-0.39, 0.29) is 11.9 Å². The second-order valence-electron chi connectivity index (χ2n) is 6.89. The Kier molecular flexibility index (Phi) is 6.70. The van der Waals surface area contributed by atoms with Crippen molar-refractivity contribution in [1.82, 2.24) is 25.2 Å². The molecule has 1 aromatic heterocycles. The molecule has 3 aromatic rings. The number of carbonyl (C=O) groups excluding carboxylic acids is 1. The maximum atomic E-state index is 12.4. The third kappa shape index (κ3) is 5.89. The van der Waals surface area contributed by atoms with Crippen molar-refractivity contribution in [2.45, 2.75) is 12.6 Å². The van der Waals surface area contributed by atoms with Crippen LogP contribution in [0.2, 0.25) is 0 Å². The summed E-state index contributed by atoms with van der Waals surface area (Å²) in [6, 6.07) is 19.9. The number of nitrogens with one attached hydrogen (secondary N) is 1. The second kappa shape index (κ2) is 9.62. The predicted octanol–water partition coefficient (Wildman–Crippen LogP) is 2.76. The van der Waals surface area contributed by atoms with E-state index in [0.29, 0.717) is 12.2 Å².